The minimum atomic E-state index is -0.220. The van der Waals surface area contributed by atoms with Crippen molar-refractivity contribution >= 4 is 28.3 Å². The molecule has 1 N–H and O–H groups in total. The summed E-state index contributed by atoms with van der Waals surface area (Å²) in [6, 6.07) is 18.1. The van der Waals surface area contributed by atoms with Crippen LogP contribution in [0.25, 0.3) is 16.6 Å². The molecule has 0 radical (unpaired) electrons. The summed E-state index contributed by atoms with van der Waals surface area (Å²) in [5, 5.41) is 2.81. The predicted octanol–water partition coefficient (Wildman–Crippen LogP) is 4.65. The van der Waals surface area contributed by atoms with Crippen molar-refractivity contribution in [1.29, 1.82) is 0 Å². The number of aryl methyl sites for hydroxylation is 1. The molecule has 0 fully saturated rings. The van der Waals surface area contributed by atoms with Crippen LogP contribution in [0, 0.1) is 0 Å². The number of carbonyl (C=O) groups excluding carboxylic acids is 1. The van der Waals surface area contributed by atoms with E-state index >= 15 is 0 Å². The molecule has 7 nitrogen and oxygen atoms in total. The first-order valence-corrected chi connectivity index (χ1v) is 11.8. The van der Waals surface area contributed by atoms with E-state index in [0.29, 0.717) is 16.9 Å². The first-order valence-electron chi connectivity index (χ1n) is 11.8. The lowest BCUT2D eigenvalue weighted by atomic mass is 9.99. The standard InChI is InChI=1S/C27H28N6O/c34-27(31-25-11-14-28-19-29-25)23-9-6-10-24-26(23)30-20-33(24)16-5-4-15-32-17-12-22(13-18-32)21-7-2-1-3-8-21/h1-3,6-12,14,19-20H,4-5,13,15-18H2,(H,28,29,31,34). The Kier molecular flexibility index (Phi) is 6.72. The minimum absolute atomic E-state index is 0.220. The fraction of sp³-hybridized carbons (Fsp3) is 0.259. The second kappa shape index (κ2) is 10.4. The van der Waals surface area contributed by atoms with Crippen molar-refractivity contribution in [3.63, 3.8) is 0 Å². The number of hydrogen-bond donors (Lipinski definition) is 1. The molecule has 172 valence electrons. The van der Waals surface area contributed by atoms with Crippen LogP contribution in [0.5, 0.6) is 0 Å². The van der Waals surface area contributed by atoms with Gasteiger partial charge >= 0.3 is 0 Å². The molecular formula is C27H28N6O. The van der Waals surface area contributed by atoms with Crippen molar-refractivity contribution in [3.05, 3.63) is 90.7 Å². The summed E-state index contributed by atoms with van der Waals surface area (Å²) in [7, 11) is 0. The molecule has 0 saturated heterocycles. The highest BCUT2D eigenvalue weighted by Crippen LogP contribution is 2.23. The van der Waals surface area contributed by atoms with Crippen LogP contribution in [0.1, 0.15) is 35.2 Å². The van der Waals surface area contributed by atoms with E-state index in [9.17, 15) is 4.79 Å². The van der Waals surface area contributed by atoms with Gasteiger partial charge in [0.2, 0.25) is 0 Å². The Bertz CT molecular complexity index is 1280. The lowest BCUT2D eigenvalue weighted by Gasteiger charge is -2.26. The van der Waals surface area contributed by atoms with Gasteiger partial charge in [-0.3, -0.25) is 9.69 Å². The zero-order valence-electron chi connectivity index (χ0n) is 19.1. The van der Waals surface area contributed by atoms with E-state index in [2.05, 4.69) is 66.1 Å². The maximum Gasteiger partial charge on any atom is 0.259 e. The number of rotatable bonds is 8. The highest BCUT2D eigenvalue weighted by atomic mass is 16.1. The van der Waals surface area contributed by atoms with Gasteiger partial charge in [-0.05, 0) is 55.1 Å². The van der Waals surface area contributed by atoms with Gasteiger partial charge in [-0.15, -0.1) is 0 Å². The number of para-hydroxylation sites is 1. The van der Waals surface area contributed by atoms with Crippen molar-refractivity contribution in [2.24, 2.45) is 0 Å². The number of amides is 1. The summed E-state index contributed by atoms with van der Waals surface area (Å²) in [6.07, 6.45) is 10.5. The van der Waals surface area contributed by atoms with Crippen molar-refractivity contribution in [1.82, 2.24) is 24.4 Å². The molecule has 0 bridgehead atoms. The fourth-order valence-corrected chi connectivity index (χ4v) is 4.44. The van der Waals surface area contributed by atoms with Gasteiger partial charge in [0.1, 0.15) is 17.7 Å². The van der Waals surface area contributed by atoms with E-state index in [1.54, 1.807) is 18.3 Å². The Morgan fingerprint density at radius 1 is 0.971 bits per heavy atom. The van der Waals surface area contributed by atoms with Gasteiger partial charge in [0.25, 0.3) is 5.91 Å². The number of fused-ring (bicyclic) bond motifs is 1. The molecule has 2 aromatic heterocycles. The molecule has 5 rings (SSSR count). The monoisotopic (exact) mass is 452 g/mol. The Morgan fingerprint density at radius 2 is 1.85 bits per heavy atom. The molecule has 0 saturated carbocycles. The van der Waals surface area contributed by atoms with E-state index in [0.717, 1.165) is 51.0 Å². The quantitative estimate of drug-likeness (QED) is 0.394. The third-order valence-electron chi connectivity index (χ3n) is 6.28. The van der Waals surface area contributed by atoms with Crippen LogP contribution in [0.3, 0.4) is 0 Å². The Labute approximate surface area is 199 Å². The van der Waals surface area contributed by atoms with E-state index < -0.39 is 0 Å². The number of nitrogens with one attached hydrogen (secondary N) is 1. The largest absolute Gasteiger partial charge is 0.331 e. The maximum atomic E-state index is 12.8. The molecule has 1 aliphatic heterocycles. The summed E-state index contributed by atoms with van der Waals surface area (Å²) in [5.74, 6) is 0.252. The van der Waals surface area contributed by atoms with Crippen LogP contribution in [0.15, 0.2) is 79.5 Å². The first-order chi connectivity index (χ1) is 16.8. The van der Waals surface area contributed by atoms with Gasteiger partial charge in [0.15, 0.2) is 0 Å². The van der Waals surface area contributed by atoms with Crippen molar-refractivity contribution in [3.8, 4) is 0 Å². The Hall–Kier alpha value is -3.84. The van der Waals surface area contributed by atoms with Crippen LogP contribution in [0.4, 0.5) is 5.82 Å². The van der Waals surface area contributed by atoms with Crippen LogP contribution < -0.4 is 5.32 Å². The van der Waals surface area contributed by atoms with E-state index in [-0.39, 0.29) is 5.91 Å². The highest BCUT2D eigenvalue weighted by molar-refractivity contribution is 6.11. The number of unbranched alkanes of at least 4 members (excludes halogenated alkanes) is 1. The molecule has 0 spiro atoms. The molecule has 34 heavy (non-hydrogen) atoms. The predicted molar refractivity (Wildman–Crippen MR) is 134 cm³/mol. The Morgan fingerprint density at radius 3 is 2.65 bits per heavy atom. The molecule has 0 unspecified atom stereocenters. The molecule has 1 aliphatic rings. The number of carbonyl (C=O) groups is 1. The van der Waals surface area contributed by atoms with Gasteiger partial charge in [-0.2, -0.15) is 0 Å². The highest BCUT2D eigenvalue weighted by Gasteiger charge is 2.15. The van der Waals surface area contributed by atoms with E-state index in [1.807, 2.05) is 18.5 Å². The molecule has 3 heterocycles. The zero-order valence-corrected chi connectivity index (χ0v) is 19.1. The molecule has 0 aliphatic carbocycles. The number of imidazole rings is 1. The Balaban J connectivity index is 1.15. The van der Waals surface area contributed by atoms with Crippen molar-refractivity contribution in [2.45, 2.75) is 25.8 Å². The van der Waals surface area contributed by atoms with Gasteiger partial charge in [-0.1, -0.05) is 42.5 Å². The summed E-state index contributed by atoms with van der Waals surface area (Å²) >= 11 is 0. The molecular weight excluding hydrogens is 424 g/mol. The first kappa shape index (κ1) is 22.0. The number of benzene rings is 2. The van der Waals surface area contributed by atoms with E-state index in [1.165, 1.54) is 17.5 Å². The number of hydrogen-bond acceptors (Lipinski definition) is 5. The summed E-state index contributed by atoms with van der Waals surface area (Å²) in [6.45, 7) is 4.10. The summed E-state index contributed by atoms with van der Waals surface area (Å²) < 4.78 is 2.14. The lowest BCUT2D eigenvalue weighted by Crippen LogP contribution is -2.29. The van der Waals surface area contributed by atoms with Gasteiger partial charge < -0.3 is 9.88 Å². The third kappa shape index (κ3) is 5.05. The topological polar surface area (TPSA) is 75.9 Å². The van der Waals surface area contributed by atoms with E-state index in [4.69, 9.17) is 0 Å². The average molecular weight is 453 g/mol. The SMILES string of the molecule is O=C(Nc1ccncn1)c1cccc2c1ncn2CCCCN1CC=C(c2ccccc2)CC1. The normalized spacial score (nSPS) is 14.2. The number of anilines is 1. The van der Waals surface area contributed by atoms with Gasteiger partial charge in [0.05, 0.1) is 17.4 Å². The second-order valence-corrected chi connectivity index (χ2v) is 8.51. The molecule has 4 aromatic rings. The van der Waals surface area contributed by atoms with Crippen LogP contribution in [-0.2, 0) is 6.54 Å². The summed E-state index contributed by atoms with van der Waals surface area (Å²) in [5.41, 5.74) is 5.04. The second-order valence-electron chi connectivity index (χ2n) is 8.51. The smallest absolute Gasteiger partial charge is 0.259 e. The average Bonchev–Trinajstić information content (AvgIpc) is 3.31. The third-order valence-corrected chi connectivity index (χ3v) is 6.28. The number of aromatic nitrogens is 4. The number of nitrogens with zero attached hydrogens (tertiary/aromatic N) is 5. The van der Waals surface area contributed by atoms with Crippen LogP contribution in [-0.4, -0.2) is 50.0 Å². The fourth-order valence-electron chi connectivity index (χ4n) is 4.44. The van der Waals surface area contributed by atoms with Crippen molar-refractivity contribution in [2.75, 3.05) is 25.0 Å². The zero-order chi connectivity index (χ0) is 23.2. The molecule has 0 atom stereocenters. The lowest BCUT2D eigenvalue weighted by molar-refractivity contribution is 0.102. The molecule has 1 amide bonds. The van der Waals surface area contributed by atoms with Gasteiger partial charge in [0, 0.05) is 25.8 Å². The van der Waals surface area contributed by atoms with Crippen LogP contribution in [0.2, 0.25) is 0 Å². The molecule has 2 aromatic carbocycles. The van der Waals surface area contributed by atoms with Crippen molar-refractivity contribution < 1.29 is 4.79 Å². The van der Waals surface area contributed by atoms with Crippen LogP contribution >= 0.6 is 0 Å². The molecule has 7 heteroatoms. The minimum Gasteiger partial charge on any atom is -0.331 e. The van der Waals surface area contributed by atoms with Gasteiger partial charge in [-0.25, -0.2) is 15.0 Å². The maximum absolute atomic E-state index is 12.8. The summed E-state index contributed by atoms with van der Waals surface area (Å²) in [4.78, 5) is 27.8.